The van der Waals surface area contributed by atoms with Gasteiger partial charge in [-0.2, -0.15) is 0 Å². The minimum Gasteiger partial charge on any atom is -0.496 e. The summed E-state index contributed by atoms with van der Waals surface area (Å²) in [7, 11) is 1.67. The number of para-hydroxylation sites is 2. The molecule has 1 aliphatic heterocycles. The van der Waals surface area contributed by atoms with E-state index in [1.807, 2.05) is 24.3 Å². The van der Waals surface area contributed by atoms with Gasteiger partial charge in [0.15, 0.2) is 0 Å². The molecular formula is C23H27N4O3+. The van der Waals surface area contributed by atoms with Crippen molar-refractivity contribution in [2.45, 2.75) is 25.4 Å². The van der Waals surface area contributed by atoms with Crippen LogP contribution in [0.1, 0.15) is 24.4 Å². The number of carbonyl (C=O) groups excluding carboxylic acids is 1. The zero-order chi connectivity index (χ0) is 20.9. The third kappa shape index (κ3) is 4.21. The number of hydrogen-bond acceptors (Lipinski definition) is 4. The van der Waals surface area contributed by atoms with Crippen LogP contribution in [0.3, 0.4) is 0 Å². The van der Waals surface area contributed by atoms with Crippen molar-refractivity contribution in [2.24, 2.45) is 0 Å². The number of carbonyl (C=O) groups is 1. The number of aromatic nitrogens is 2. The lowest BCUT2D eigenvalue weighted by molar-refractivity contribution is -0.918. The molecule has 4 rings (SSSR count). The van der Waals surface area contributed by atoms with Gasteiger partial charge in [-0.3, -0.25) is 14.2 Å². The lowest BCUT2D eigenvalue weighted by Crippen LogP contribution is -3.11. The Hall–Kier alpha value is -3.19. The Kier molecular flexibility index (Phi) is 6.09. The number of benzene rings is 2. The van der Waals surface area contributed by atoms with Crippen molar-refractivity contribution < 1.29 is 14.4 Å². The van der Waals surface area contributed by atoms with Crippen LogP contribution in [0.25, 0.3) is 10.9 Å². The van der Waals surface area contributed by atoms with Gasteiger partial charge in [-0.05, 0) is 24.3 Å². The second-order valence-electron chi connectivity index (χ2n) is 7.66. The Morgan fingerprint density at radius 3 is 2.70 bits per heavy atom. The van der Waals surface area contributed by atoms with Gasteiger partial charge in [-0.25, -0.2) is 4.98 Å². The average molecular weight is 407 g/mol. The summed E-state index contributed by atoms with van der Waals surface area (Å²) in [5, 5.41) is 3.55. The first-order chi connectivity index (χ1) is 14.7. The van der Waals surface area contributed by atoms with Gasteiger partial charge < -0.3 is 15.0 Å². The van der Waals surface area contributed by atoms with Crippen LogP contribution in [-0.4, -0.2) is 42.2 Å². The number of fused-ring (bicyclic) bond motifs is 1. The van der Waals surface area contributed by atoms with E-state index in [1.54, 1.807) is 25.3 Å². The molecule has 1 atom stereocenters. The maximum atomic E-state index is 12.7. The van der Waals surface area contributed by atoms with E-state index in [-0.39, 0.29) is 24.1 Å². The van der Waals surface area contributed by atoms with Crippen LogP contribution in [0, 0.1) is 0 Å². The summed E-state index contributed by atoms with van der Waals surface area (Å²) in [4.78, 5) is 31.0. The van der Waals surface area contributed by atoms with Crippen molar-refractivity contribution in [3.05, 3.63) is 70.8 Å². The topological polar surface area (TPSA) is 77.7 Å². The minimum absolute atomic E-state index is 0.0509. The summed E-state index contributed by atoms with van der Waals surface area (Å²) in [6.45, 7) is 2.59. The van der Waals surface area contributed by atoms with Gasteiger partial charge in [0.25, 0.3) is 5.56 Å². The van der Waals surface area contributed by atoms with Crippen LogP contribution in [0.2, 0.25) is 0 Å². The molecule has 7 heteroatoms. The Bertz CT molecular complexity index is 1090. The molecule has 1 amide bonds. The summed E-state index contributed by atoms with van der Waals surface area (Å²) < 4.78 is 6.92. The molecule has 1 saturated heterocycles. The number of quaternary nitrogens is 1. The molecule has 0 radical (unpaired) electrons. The van der Waals surface area contributed by atoms with E-state index in [4.69, 9.17) is 4.74 Å². The SMILES string of the molecule is COc1ccccc1[C@H](CNC(=O)Cn1cnc2ccccc2c1=O)[NH+]1CCCC1. The molecular weight excluding hydrogens is 380 g/mol. The quantitative estimate of drug-likeness (QED) is 0.611. The fourth-order valence-electron chi connectivity index (χ4n) is 4.25. The van der Waals surface area contributed by atoms with Crippen LogP contribution in [0.4, 0.5) is 0 Å². The van der Waals surface area contributed by atoms with E-state index in [2.05, 4.69) is 16.4 Å². The first kappa shape index (κ1) is 20.1. The number of likely N-dealkylation sites (tertiary alicyclic amines) is 1. The molecule has 2 heterocycles. The van der Waals surface area contributed by atoms with Gasteiger partial charge in [0.05, 0.1) is 49.5 Å². The van der Waals surface area contributed by atoms with E-state index >= 15 is 0 Å². The molecule has 0 bridgehead atoms. The van der Waals surface area contributed by atoms with Gasteiger partial charge >= 0.3 is 0 Å². The lowest BCUT2D eigenvalue weighted by atomic mass is 10.0. The molecule has 1 aliphatic rings. The molecule has 0 aliphatic carbocycles. The highest BCUT2D eigenvalue weighted by molar-refractivity contribution is 5.78. The van der Waals surface area contributed by atoms with Crippen molar-refractivity contribution in [1.29, 1.82) is 0 Å². The highest BCUT2D eigenvalue weighted by Crippen LogP contribution is 2.23. The van der Waals surface area contributed by atoms with Crippen molar-refractivity contribution in [3.63, 3.8) is 0 Å². The first-order valence-electron chi connectivity index (χ1n) is 10.4. The van der Waals surface area contributed by atoms with Gasteiger partial charge in [0.2, 0.25) is 5.91 Å². The van der Waals surface area contributed by atoms with Crippen LogP contribution in [-0.2, 0) is 11.3 Å². The molecule has 3 aromatic rings. The molecule has 7 nitrogen and oxygen atoms in total. The number of rotatable bonds is 7. The Balaban J connectivity index is 1.49. The minimum atomic E-state index is -0.206. The Morgan fingerprint density at radius 2 is 1.90 bits per heavy atom. The Labute approximate surface area is 175 Å². The normalized spacial score (nSPS) is 15.2. The summed E-state index contributed by atoms with van der Waals surface area (Å²) in [5.74, 6) is 0.638. The lowest BCUT2D eigenvalue weighted by Gasteiger charge is -2.26. The van der Waals surface area contributed by atoms with Crippen molar-refractivity contribution in [3.8, 4) is 5.75 Å². The highest BCUT2D eigenvalue weighted by Gasteiger charge is 2.30. The molecule has 0 spiro atoms. The second kappa shape index (κ2) is 9.09. The molecule has 1 aromatic heterocycles. The zero-order valence-electron chi connectivity index (χ0n) is 17.1. The molecule has 2 aromatic carbocycles. The predicted octanol–water partition coefficient (Wildman–Crippen LogP) is 0.941. The number of nitrogens with zero attached hydrogens (tertiary/aromatic N) is 2. The van der Waals surface area contributed by atoms with Gasteiger partial charge in [0, 0.05) is 12.8 Å². The number of hydrogen-bond donors (Lipinski definition) is 2. The number of methoxy groups -OCH3 is 1. The standard InChI is InChI=1S/C23H26N4O3/c1-30-21-11-5-3-9-18(21)20(26-12-6-7-13-26)14-24-22(28)15-27-16-25-19-10-4-2-8-17(19)23(27)29/h2-5,8-11,16,20H,6-7,12-15H2,1H3,(H,24,28)/p+1/t20-/m0/s1. The molecule has 1 fully saturated rings. The zero-order valence-corrected chi connectivity index (χ0v) is 17.1. The van der Waals surface area contributed by atoms with Crippen molar-refractivity contribution in [2.75, 3.05) is 26.7 Å². The van der Waals surface area contributed by atoms with Crippen LogP contribution >= 0.6 is 0 Å². The number of nitrogens with one attached hydrogen (secondary N) is 2. The van der Waals surface area contributed by atoms with Crippen molar-refractivity contribution in [1.82, 2.24) is 14.9 Å². The summed E-state index contributed by atoms with van der Waals surface area (Å²) in [5.41, 5.74) is 1.52. The largest absolute Gasteiger partial charge is 0.496 e. The Morgan fingerprint density at radius 1 is 1.17 bits per heavy atom. The second-order valence-corrected chi connectivity index (χ2v) is 7.66. The molecule has 0 unspecified atom stereocenters. The molecule has 0 saturated carbocycles. The van der Waals surface area contributed by atoms with E-state index < -0.39 is 0 Å². The fourth-order valence-corrected chi connectivity index (χ4v) is 4.25. The molecule has 156 valence electrons. The molecule has 30 heavy (non-hydrogen) atoms. The van der Waals surface area contributed by atoms with E-state index in [0.717, 1.165) is 24.4 Å². The van der Waals surface area contributed by atoms with Crippen molar-refractivity contribution >= 4 is 16.8 Å². The highest BCUT2D eigenvalue weighted by atomic mass is 16.5. The fraction of sp³-hybridized carbons (Fsp3) is 0.348. The maximum absolute atomic E-state index is 12.7. The summed E-state index contributed by atoms with van der Waals surface area (Å²) in [6, 6.07) is 15.2. The summed E-state index contributed by atoms with van der Waals surface area (Å²) in [6.07, 6.45) is 3.81. The third-order valence-electron chi connectivity index (χ3n) is 5.80. The smallest absolute Gasteiger partial charge is 0.261 e. The van der Waals surface area contributed by atoms with Crippen LogP contribution in [0.5, 0.6) is 5.75 Å². The number of ether oxygens (including phenoxy) is 1. The van der Waals surface area contributed by atoms with Gasteiger partial charge in [-0.1, -0.05) is 24.3 Å². The summed E-state index contributed by atoms with van der Waals surface area (Å²) >= 11 is 0. The number of amides is 1. The molecule has 2 N–H and O–H groups in total. The average Bonchev–Trinajstić information content (AvgIpc) is 3.31. The van der Waals surface area contributed by atoms with E-state index in [9.17, 15) is 9.59 Å². The van der Waals surface area contributed by atoms with Crippen LogP contribution in [0.15, 0.2) is 59.7 Å². The van der Waals surface area contributed by atoms with E-state index in [1.165, 1.54) is 28.6 Å². The maximum Gasteiger partial charge on any atom is 0.261 e. The van der Waals surface area contributed by atoms with Gasteiger partial charge in [-0.15, -0.1) is 0 Å². The monoisotopic (exact) mass is 407 g/mol. The van der Waals surface area contributed by atoms with Crippen LogP contribution < -0.4 is 20.5 Å². The van der Waals surface area contributed by atoms with E-state index in [0.29, 0.717) is 17.4 Å². The van der Waals surface area contributed by atoms with Gasteiger partial charge in [0.1, 0.15) is 18.3 Å². The third-order valence-corrected chi connectivity index (χ3v) is 5.80. The predicted molar refractivity (Wildman–Crippen MR) is 115 cm³/mol. The first-order valence-corrected chi connectivity index (χ1v) is 10.4.